The Bertz CT molecular complexity index is 396. The Morgan fingerprint density at radius 3 is 2.93 bits per heavy atom. The summed E-state index contributed by atoms with van der Waals surface area (Å²) in [7, 11) is 0. The van der Waals surface area contributed by atoms with Gasteiger partial charge in [0.1, 0.15) is 23.4 Å². The second-order valence-electron chi connectivity index (χ2n) is 4.53. The summed E-state index contributed by atoms with van der Waals surface area (Å²) in [6.07, 6.45) is 1.62. The summed E-state index contributed by atoms with van der Waals surface area (Å²) in [5.41, 5.74) is 0.508. The second-order valence-corrected chi connectivity index (χ2v) is 4.53. The quantitative estimate of drug-likeness (QED) is 0.717. The fourth-order valence-corrected chi connectivity index (χ4v) is 2.02. The van der Waals surface area contributed by atoms with Crippen LogP contribution >= 0.6 is 0 Å². The Morgan fingerprint density at radius 2 is 2.27 bits per heavy atom. The molecule has 2 rings (SSSR count). The standard InChI is InChI=1S/C12H14O3/c1-12(2)6-8(7-13)10-4-3-9(14)5-11(10)15-12/h3-5,7-8,14H,6H2,1-2H3. The van der Waals surface area contributed by atoms with E-state index < -0.39 is 0 Å². The summed E-state index contributed by atoms with van der Waals surface area (Å²) in [5.74, 6) is 0.642. The number of carbonyl (C=O) groups excluding carboxylic acids is 1. The van der Waals surface area contributed by atoms with Crippen molar-refractivity contribution in [1.29, 1.82) is 0 Å². The molecule has 1 aliphatic heterocycles. The highest BCUT2D eigenvalue weighted by atomic mass is 16.5. The fraction of sp³-hybridized carbons (Fsp3) is 0.417. The molecule has 1 unspecified atom stereocenters. The van der Waals surface area contributed by atoms with Crippen LogP contribution in [0.1, 0.15) is 31.7 Å². The predicted molar refractivity (Wildman–Crippen MR) is 56.2 cm³/mol. The minimum Gasteiger partial charge on any atom is -0.508 e. The highest BCUT2D eigenvalue weighted by Crippen LogP contribution is 2.41. The molecule has 15 heavy (non-hydrogen) atoms. The maximum atomic E-state index is 11.0. The van der Waals surface area contributed by atoms with Gasteiger partial charge >= 0.3 is 0 Å². The van der Waals surface area contributed by atoms with Crippen molar-refractivity contribution >= 4 is 6.29 Å². The van der Waals surface area contributed by atoms with E-state index in [1.54, 1.807) is 18.2 Å². The minimum absolute atomic E-state index is 0.135. The smallest absolute Gasteiger partial charge is 0.127 e. The fourth-order valence-electron chi connectivity index (χ4n) is 2.02. The van der Waals surface area contributed by atoms with Gasteiger partial charge < -0.3 is 14.6 Å². The van der Waals surface area contributed by atoms with Crippen LogP contribution in [0.4, 0.5) is 0 Å². The number of aldehydes is 1. The van der Waals surface area contributed by atoms with Gasteiger partial charge in [0, 0.05) is 24.0 Å². The van der Waals surface area contributed by atoms with E-state index in [1.165, 1.54) is 0 Å². The number of phenols is 1. The lowest BCUT2D eigenvalue weighted by atomic mass is 9.85. The Labute approximate surface area is 88.7 Å². The third kappa shape index (κ3) is 1.82. The Kier molecular flexibility index (Phi) is 2.18. The predicted octanol–water partition coefficient (Wildman–Crippen LogP) is 2.24. The van der Waals surface area contributed by atoms with Crippen molar-refractivity contribution in [2.45, 2.75) is 31.8 Å². The molecule has 3 heteroatoms. The number of carbonyl (C=O) groups is 1. The molecule has 1 aliphatic rings. The molecule has 0 radical (unpaired) electrons. The number of fused-ring (bicyclic) bond motifs is 1. The number of hydrogen-bond acceptors (Lipinski definition) is 3. The Morgan fingerprint density at radius 1 is 1.53 bits per heavy atom. The van der Waals surface area contributed by atoms with E-state index in [9.17, 15) is 9.90 Å². The largest absolute Gasteiger partial charge is 0.508 e. The van der Waals surface area contributed by atoms with Gasteiger partial charge in [-0.2, -0.15) is 0 Å². The van der Waals surface area contributed by atoms with E-state index in [1.807, 2.05) is 13.8 Å². The van der Waals surface area contributed by atoms with Crippen molar-refractivity contribution in [2.75, 3.05) is 0 Å². The molecule has 0 fully saturated rings. The average Bonchev–Trinajstić information content (AvgIpc) is 2.14. The summed E-state index contributed by atoms with van der Waals surface area (Å²) in [6, 6.07) is 4.89. The lowest BCUT2D eigenvalue weighted by Gasteiger charge is -2.35. The van der Waals surface area contributed by atoms with Crippen LogP contribution in [0.3, 0.4) is 0 Å². The normalized spacial score (nSPS) is 22.7. The molecule has 1 aromatic carbocycles. The first-order valence-corrected chi connectivity index (χ1v) is 4.99. The maximum absolute atomic E-state index is 11.0. The van der Waals surface area contributed by atoms with Gasteiger partial charge in [-0.1, -0.05) is 6.07 Å². The van der Waals surface area contributed by atoms with Crippen LogP contribution in [-0.4, -0.2) is 17.0 Å². The van der Waals surface area contributed by atoms with E-state index in [0.717, 1.165) is 11.8 Å². The van der Waals surface area contributed by atoms with Gasteiger partial charge in [0.2, 0.25) is 0 Å². The summed E-state index contributed by atoms with van der Waals surface area (Å²) in [6.45, 7) is 3.88. The first kappa shape index (κ1) is 10.0. The zero-order valence-electron chi connectivity index (χ0n) is 8.86. The number of benzene rings is 1. The Balaban J connectivity index is 2.49. The second kappa shape index (κ2) is 3.26. The molecule has 1 N–H and O–H groups in total. The monoisotopic (exact) mass is 206 g/mol. The zero-order valence-corrected chi connectivity index (χ0v) is 8.86. The summed E-state index contributed by atoms with van der Waals surface area (Å²) >= 11 is 0. The van der Waals surface area contributed by atoms with Crippen LogP contribution in [0, 0.1) is 0 Å². The zero-order chi connectivity index (χ0) is 11.1. The number of hydrogen-bond donors (Lipinski definition) is 1. The van der Waals surface area contributed by atoms with Gasteiger partial charge in [-0.25, -0.2) is 0 Å². The van der Waals surface area contributed by atoms with E-state index in [-0.39, 0.29) is 17.3 Å². The van der Waals surface area contributed by atoms with Crippen LogP contribution in [0.15, 0.2) is 18.2 Å². The number of rotatable bonds is 1. The third-order valence-corrected chi connectivity index (χ3v) is 2.66. The van der Waals surface area contributed by atoms with Crippen molar-refractivity contribution in [3.8, 4) is 11.5 Å². The van der Waals surface area contributed by atoms with E-state index in [2.05, 4.69) is 0 Å². The SMILES string of the molecule is CC1(C)CC(C=O)c2ccc(O)cc2O1. The maximum Gasteiger partial charge on any atom is 0.127 e. The van der Waals surface area contributed by atoms with E-state index >= 15 is 0 Å². The van der Waals surface area contributed by atoms with Gasteiger partial charge in [0.05, 0.1) is 0 Å². The van der Waals surface area contributed by atoms with Gasteiger partial charge in [0.25, 0.3) is 0 Å². The molecular formula is C12H14O3. The van der Waals surface area contributed by atoms with Gasteiger partial charge in [-0.3, -0.25) is 0 Å². The van der Waals surface area contributed by atoms with E-state index in [0.29, 0.717) is 12.2 Å². The summed E-state index contributed by atoms with van der Waals surface area (Å²) in [4.78, 5) is 11.0. The molecule has 0 bridgehead atoms. The van der Waals surface area contributed by atoms with Crippen molar-refractivity contribution < 1.29 is 14.6 Å². The molecule has 0 spiro atoms. The lowest BCUT2D eigenvalue weighted by Crippen LogP contribution is -2.35. The van der Waals surface area contributed by atoms with Crippen molar-refractivity contribution in [2.24, 2.45) is 0 Å². The molecule has 1 heterocycles. The summed E-state index contributed by atoms with van der Waals surface area (Å²) < 4.78 is 5.71. The lowest BCUT2D eigenvalue weighted by molar-refractivity contribution is -0.110. The summed E-state index contributed by atoms with van der Waals surface area (Å²) in [5, 5.41) is 9.35. The molecule has 3 nitrogen and oxygen atoms in total. The first-order valence-electron chi connectivity index (χ1n) is 4.99. The minimum atomic E-state index is -0.355. The molecule has 1 atom stereocenters. The number of phenolic OH excluding ortho intramolecular Hbond substituents is 1. The highest BCUT2D eigenvalue weighted by Gasteiger charge is 2.33. The van der Waals surface area contributed by atoms with Crippen LogP contribution in [0.25, 0.3) is 0 Å². The molecule has 0 aliphatic carbocycles. The third-order valence-electron chi connectivity index (χ3n) is 2.66. The van der Waals surface area contributed by atoms with Crippen LogP contribution in [0.2, 0.25) is 0 Å². The van der Waals surface area contributed by atoms with Crippen LogP contribution in [0.5, 0.6) is 11.5 Å². The first-order chi connectivity index (χ1) is 7.02. The molecule has 1 aromatic rings. The van der Waals surface area contributed by atoms with Crippen molar-refractivity contribution in [1.82, 2.24) is 0 Å². The van der Waals surface area contributed by atoms with Gasteiger partial charge in [-0.15, -0.1) is 0 Å². The highest BCUT2D eigenvalue weighted by molar-refractivity contribution is 5.66. The topological polar surface area (TPSA) is 46.5 Å². The average molecular weight is 206 g/mol. The molecule has 0 saturated heterocycles. The van der Waals surface area contributed by atoms with Crippen molar-refractivity contribution in [3.05, 3.63) is 23.8 Å². The molecule has 0 saturated carbocycles. The van der Waals surface area contributed by atoms with Gasteiger partial charge in [0.15, 0.2) is 0 Å². The number of ether oxygens (including phenoxy) is 1. The molecule has 0 aromatic heterocycles. The van der Waals surface area contributed by atoms with Crippen LogP contribution < -0.4 is 4.74 Å². The molecule has 80 valence electrons. The Hall–Kier alpha value is -1.51. The van der Waals surface area contributed by atoms with Crippen molar-refractivity contribution in [3.63, 3.8) is 0 Å². The van der Waals surface area contributed by atoms with Gasteiger partial charge in [-0.05, 0) is 19.9 Å². The van der Waals surface area contributed by atoms with E-state index in [4.69, 9.17) is 4.74 Å². The number of aromatic hydroxyl groups is 1. The molecular weight excluding hydrogens is 192 g/mol. The van der Waals surface area contributed by atoms with Crippen LogP contribution in [-0.2, 0) is 4.79 Å². The molecule has 0 amide bonds.